The molecular formula is C24H39O7P. The van der Waals surface area contributed by atoms with Crippen molar-refractivity contribution in [2.24, 2.45) is 0 Å². The summed E-state index contributed by atoms with van der Waals surface area (Å²) < 4.78 is 35.7. The molecule has 1 rings (SSSR count). The molecule has 0 saturated carbocycles. The van der Waals surface area contributed by atoms with Gasteiger partial charge in [-0.15, -0.1) is 0 Å². The van der Waals surface area contributed by atoms with E-state index in [1.54, 1.807) is 0 Å². The Morgan fingerprint density at radius 2 is 1.03 bits per heavy atom. The first-order valence-electron chi connectivity index (χ1n) is 11.8. The number of esters is 2. The number of ether oxygens (including phenoxy) is 2. The SMILES string of the molecule is CCCCOC(=O)c1cc(C(=O)OCCCC)cc(P(=O)(OCCCC)OCCCC)c1. The smallest absolute Gasteiger partial charge is 0.361 e. The van der Waals surface area contributed by atoms with Gasteiger partial charge in [-0.25, -0.2) is 9.59 Å². The Bertz CT molecular complexity index is 694. The maximum atomic E-state index is 13.7. The molecule has 0 N–H and O–H groups in total. The van der Waals surface area contributed by atoms with Gasteiger partial charge < -0.3 is 18.5 Å². The van der Waals surface area contributed by atoms with Gasteiger partial charge in [0.2, 0.25) is 0 Å². The summed E-state index contributed by atoms with van der Waals surface area (Å²) in [7, 11) is -3.74. The number of unbranched alkanes of at least 4 members (excludes halogenated alkanes) is 4. The fraction of sp³-hybridized carbons (Fsp3) is 0.667. The molecule has 0 unspecified atom stereocenters. The first-order valence-corrected chi connectivity index (χ1v) is 13.3. The third kappa shape index (κ3) is 9.85. The van der Waals surface area contributed by atoms with Crippen LogP contribution in [0.5, 0.6) is 0 Å². The number of carbonyl (C=O) groups is 2. The average Bonchev–Trinajstić information content (AvgIpc) is 2.79. The van der Waals surface area contributed by atoms with Crippen LogP contribution in [0.25, 0.3) is 0 Å². The molecule has 1 aromatic carbocycles. The van der Waals surface area contributed by atoms with Crippen molar-refractivity contribution < 1.29 is 32.7 Å². The van der Waals surface area contributed by atoms with Gasteiger partial charge in [-0.1, -0.05) is 53.4 Å². The molecule has 0 amide bonds. The van der Waals surface area contributed by atoms with Crippen molar-refractivity contribution in [1.29, 1.82) is 0 Å². The summed E-state index contributed by atoms with van der Waals surface area (Å²) in [6.45, 7) is 9.05. The molecule has 0 atom stereocenters. The summed E-state index contributed by atoms with van der Waals surface area (Å²) in [5.74, 6) is -1.17. The molecule has 0 aliphatic heterocycles. The van der Waals surface area contributed by atoms with Crippen molar-refractivity contribution in [3.8, 4) is 0 Å². The second kappa shape index (κ2) is 16.0. The number of hydrogen-bond acceptors (Lipinski definition) is 7. The molecule has 1 aromatic rings. The van der Waals surface area contributed by atoms with Crippen LogP contribution in [0.2, 0.25) is 0 Å². The summed E-state index contributed by atoms with van der Waals surface area (Å²) in [5.41, 5.74) is 0.249. The topological polar surface area (TPSA) is 88.1 Å². The Labute approximate surface area is 192 Å². The Kier molecular flexibility index (Phi) is 14.2. The van der Waals surface area contributed by atoms with Crippen LogP contribution in [-0.4, -0.2) is 38.4 Å². The first kappa shape index (κ1) is 28.3. The van der Waals surface area contributed by atoms with Crippen LogP contribution in [-0.2, 0) is 23.1 Å². The Hall–Kier alpha value is -1.69. The van der Waals surface area contributed by atoms with Crippen LogP contribution >= 0.6 is 7.60 Å². The lowest BCUT2D eigenvalue weighted by Crippen LogP contribution is -2.18. The molecule has 0 bridgehead atoms. The van der Waals surface area contributed by atoms with E-state index in [0.717, 1.165) is 38.5 Å². The van der Waals surface area contributed by atoms with Gasteiger partial charge in [-0.05, 0) is 43.9 Å². The maximum Gasteiger partial charge on any atom is 0.361 e. The largest absolute Gasteiger partial charge is 0.462 e. The second-order valence-electron chi connectivity index (χ2n) is 7.62. The summed E-state index contributed by atoms with van der Waals surface area (Å²) in [5, 5.41) is 0.164. The molecule has 182 valence electrons. The maximum absolute atomic E-state index is 13.7. The van der Waals surface area contributed by atoms with E-state index >= 15 is 0 Å². The van der Waals surface area contributed by atoms with E-state index in [4.69, 9.17) is 18.5 Å². The molecule has 8 heteroatoms. The molecule has 7 nitrogen and oxygen atoms in total. The fourth-order valence-corrected chi connectivity index (χ4v) is 4.34. The van der Waals surface area contributed by atoms with Gasteiger partial charge in [-0.2, -0.15) is 0 Å². The highest BCUT2D eigenvalue weighted by atomic mass is 31.2. The van der Waals surface area contributed by atoms with Gasteiger partial charge in [0, 0.05) is 0 Å². The number of carbonyl (C=O) groups excluding carboxylic acids is 2. The monoisotopic (exact) mass is 470 g/mol. The molecule has 0 fully saturated rings. The number of rotatable bonds is 17. The van der Waals surface area contributed by atoms with Gasteiger partial charge in [-0.3, -0.25) is 4.57 Å². The molecule has 0 saturated heterocycles. The van der Waals surface area contributed by atoms with E-state index in [2.05, 4.69) is 0 Å². The first-order chi connectivity index (χ1) is 15.4. The van der Waals surface area contributed by atoms with Gasteiger partial charge in [0.15, 0.2) is 0 Å². The lowest BCUT2D eigenvalue weighted by Gasteiger charge is -2.20. The summed E-state index contributed by atoms with van der Waals surface area (Å²) >= 11 is 0. The molecule has 0 aliphatic rings. The fourth-order valence-electron chi connectivity index (χ4n) is 2.63. The Balaban J connectivity index is 3.30. The van der Waals surface area contributed by atoms with E-state index in [9.17, 15) is 14.2 Å². The minimum atomic E-state index is -3.74. The van der Waals surface area contributed by atoms with Gasteiger partial charge in [0.25, 0.3) is 0 Å². The zero-order chi connectivity index (χ0) is 23.8. The number of hydrogen-bond donors (Lipinski definition) is 0. The molecule has 0 spiro atoms. The predicted molar refractivity (Wildman–Crippen MR) is 126 cm³/mol. The van der Waals surface area contributed by atoms with Crippen molar-refractivity contribution in [3.05, 3.63) is 29.3 Å². The highest BCUT2D eigenvalue weighted by Crippen LogP contribution is 2.47. The van der Waals surface area contributed by atoms with Crippen molar-refractivity contribution in [2.45, 2.75) is 79.1 Å². The highest BCUT2D eigenvalue weighted by molar-refractivity contribution is 7.62. The summed E-state index contributed by atoms with van der Waals surface area (Å²) in [6, 6.07) is 4.29. The van der Waals surface area contributed by atoms with Crippen LogP contribution in [0.4, 0.5) is 0 Å². The van der Waals surface area contributed by atoms with Crippen molar-refractivity contribution >= 4 is 24.8 Å². The number of benzene rings is 1. The normalized spacial score (nSPS) is 11.4. The second-order valence-corrected chi connectivity index (χ2v) is 9.65. The van der Waals surface area contributed by atoms with Crippen LogP contribution in [0, 0.1) is 0 Å². The van der Waals surface area contributed by atoms with E-state index in [0.29, 0.717) is 12.8 Å². The van der Waals surface area contributed by atoms with Gasteiger partial charge in [0.1, 0.15) is 0 Å². The molecule has 0 aromatic heterocycles. The minimum Gasteiger partial charge on any atom is -0.462 e. The van der Waals surface area contributed by atoms with E-state index in [1.807, 2.05) is 27.7 Å². The summed E-state index contributed by atoms with van der Waals surface area (Å²) in [6.07, 6.45) is 6.40. The van der Waals surface area contributed by atoms with Crippen LogP contribution in [0.15, 0.2) is 18.2 Å². The predicted octanol–water partition coefficient (Wildman–Crippen LogP) is 6.05. The third-order valence-corrected chi connectivity index (χ3v) is 6.62. The van der Waals surface area contributed by atoms with Crippen molar-refractivity contribution in [3.63, 3.8) is 0 Å². The molecule has 0 heterocycles. The highest BCUT2D eigenvalue weighted by Gasteiger charge is 2.30. The van der Waals surface area contributed by atoms with Crippen LogP contribution in [0.3, 0.4) is 0 Å². The van der Waals surface area contributed by atoms with Gasteiger partial charge >= 0.3 is 19.5 Å². The van der Waals surface area contributed by atoms with Crippen LogP contribution in [0.1, 0.15) is 99.8 Å². The Morgan fingerprint density at radius 3 is 1.41 bits per heavy atom. The molecular weight excluding hydrogens is 431 g/mol. The lowest BCUT2D eigenvalue weighted by molar-refractivity contribution is 0.0498. The van der Waals surface area contributed by atoms with E-state index < -0.39 is 19.5 Å². The zero-order valence-corrected chi connectivity index (χ0v) is 20.9. The zero-order valence-electron chi connectivity index (χ0n) is 20.0. The van der Waals surface area contributed by atoms with Crippen molar-refractivity contribution in [2.75, 3.05) is 26.4 Å². The van der Waals surface area contributed by atoms with Gasteiger partial charge in [0.05, 0.1) is 42.9 Å². The third-order valence-electron chi connectivity index (χ3n) is 4.69. The molecule has 0 aliphatic carbocycles. The van der Waals surface area contributed by atoms with Crippen molar-refractivity contribution in [1.82, 2.24) is 0 Å². The minimum absolute atomic E-state index is 0.124. The summed E-state index contributed by atoms with van der Waals surface area (Å²) in [4.78, 5) is 25.2. The quantitative estimate of drug-likeness (QED) is 0.155. The van der Waals surface area contributed by atoms with E-state index in [1.165, 1.54) is 18.2 Å². The molecule has 32 heavy (non-hydrogen) atoms. The average molecular weight is 471 g/mol. The Morgan fingerprint density at radius 1 is 0.656 bits per heavy atom. The molecule has 0 radical (unpaired) electrons. The van der Waals surface area contributed by atoms with Crippen LogP contribution < -0.4 is 5.30 Å². The standard InChI is InChI=1S/C24H39O7P/c1-5-9-13-28-23(25)20-17-21(24(26)29-14-10-6-2)19-22(18-20)32(27,30-15-11-7-3)31-16-12-8-4/h17-19H,5-16H2,1-4H3. The van der Waals surface area contributed by atoms with E-state index in [-0.39, 0.29) is 42.9 Å². The lowest BCUT2D eigenvalue weighted by atomic mass is 10.1.